The third-order valence-corrected chi connectivity index (χ3v) is 10.5. The molecular formula is C54H92O6. The van der Waals surface area contributed by atoms with Crippen molar-refractivity contribution in [3.8, 4) is 0 Å². The lowest BCUT2D eigenvalue weighted by Gasteiger charge is -2.18. The Kier molecular flexibility index (Phi) is 46.0. The molecule has 0 bridgehead atoms. The molecule has 0 radical (unpaired) electrons. The molecule has 0 heterocycles. The van der Waals surface area contributed by atoms with E-state index in [9.17, 15) is 14.4 Å². The lowest BCUT2D eigenvalue weighted by Crippen LogP contribution is -2.30. The normalized spacial score (nSPS) is 12.7. The van der Waals surface area contributed by atoms with Crippen LogP contribution in [0, 0.1) is 0 Å². The Hall–Kier alpha value is -3.15. The average molecular weight is 837 g/mol. The van der Waals surface area contributed by atoms with E-state index >= 15 is 0 Å². The quantitative estimate of drug-likeness (QED) is 0.0263. The first-order chi connectivity index (χ1) is 29.5. The summed E-state index contributed by atoms with van der Waals surface area (Å²) in [6.07, 6.45) is 60.7. The molecular weight excluding hydrogens is 745 g/mol. The van der Waals surface area contributed by atoms with Gasteiger partial charge in [-0.15, -0.1) is 0 Å². The molecule has 0 spiro atoms. The molecule has 0 rings (SSSR count). The van der Waals surface area contributed by atoms with Crippen LogP contribution >= 0.6 is 0 Å². The number of esters is 3. The van der Waals surface area contributed by atoms with Gasteiger partial charge in [-0.05, 0) is 64.2 Å². The third-order valence-electron chi connectivity index (χ3n) is 10.5. The second-order valence-electron chi connectivity index (χ2n) is 16.3. The SMILES string of the molecule is CC/C=C\C/C=C\C/C=C\CCCCCCCCCCCC(=O)OCC(COC(=O)C/C=C\C/C=C\C/C=C\CC)OC(=O)CCCCCCCCCCCCCCCC. The Bertz CT molecular complexity index is 1140. The molecule has 6 nitrogen and oxygen atoms in total. The minimum Gasteiger partial charge on any atom is -0.462 e. The Labute approximate surface area is 370 Å². The first kappa shape index (κ1) is 56.9. The van der Waals surface area contributed by atoms with E-state index in [2.05, 4.69) is 81.5 Å². The van der Waals surface area contributed by atoms with Crippen molar-refractivity contribution < 1.29 is 28.6 Å². The second kappa shape index (κ2) is 48.5. The van der Waals surface area contributed by atoms with Crippen LogP contribution in [0.3, 0.4) is 0 Å². The molecule has 1 atom stereocenters. The number of unbranched alkanes of at least 4 members (excludes halogenated alkanes) is 22. The molecule has 0 amide bonds. The van der Waals surface area contributed by atoms with Crippen molar-refractivity contribution in [1.82, 2.24) is 0 Å². The van der Waals surface area contributed by atoms with Gasteiger partial charge in [-0.1, -0.05) is 222 Å². The summed E-state index contributed by atoms with van der Waals surface area (Å²) in [5, 5.41) is 0. The van der Waals surface area contributed by atoms with E-state index in [0.717, 1.165) is 77.0 Å². The topological polar surface area (TPSA) is 78.9 Å². The van der Waals surface area contributed by atoms with Crippen molar-refractivity contribution in [2.45, 2.75) is 239 Å². The van der Waals surface area contributed by atoms with Gasteiger partial charge < -0.3 is 14.2 Å². The van der Waals surface area contributed by atoms with Gasteiger partial charge in [-0.25, -0.2) is 0 Å². The highest BCUT2D eigenvalue weighted by Crippen LogP contribution is 2.15. The molecule has 0 fully saturated rings. The second-order valence-corrected chi connectivity index (χ2v) is 16.3. The van der Waals surface area contributed by atoms with Gasteiger partial charge in [0.1, 0.15) is 13.2 Å². The predicted molar refractivity (Wildman–Crippen MR) is 256 cm³/mol. The summed E-state index contributed by atoms with van der Waals surface area (Å²) in [6.45, 7) is 6.31. The molecule has 0 aromatic rings. The summed E-state index contributed by atoms with van der Waals surface area (Å²) in [7, 11) is 0. The summed E-state index contributed by atoms with van der Waals surface area (Å²) >= 11 is 0. The molecule has 0 N–H and O–H groups in total. The molecule has 0 aromatic carbocycles. The number of carbonyl (C=O) groups excluding carboxylic acids is 3. The van der Waals surface area contributed by atoms with Crippen LogP contribution in [0.4, 0.5) is 0 Å². The van der Waals surface area contributed by atoms with E-state index in [4.69, 9.17) is 14.2 Å². The van der Waals surface area contributed by atoms with Crippen molar-refractivity contribution in [3.05, 3.63) is 72.9 Å². The summed E-state index contributed by atoms with van der Waals surface area (Å²) in [5.74, 6) is -1.04. The van der Waals surface area contributed by atoms with Crippen molar-refractivity contribution >= 4 is 17.9 Å². The summed E-state index contributed by atoms with van der Waals surface area (Å²) in [6, 6.07) is 0. The largest absolute Gasteiger partial charge is 0.462 e. The minimum absolute atomic E-state index is 0.104. The number of ether oxygens (including phenoxy) is 3. The summed E-state index contributed by atoms with van der Waals surface area (Å²) < 4.78 is 16.6. The molecule has 344 valence electrons. The van der Waals surface area contributed by atoms with Gasteiger partial charge in [0.25, 0.3) is 0 Å². The lowest BCUT2D eigenvalue weighted by molar-refractivity contribution is -0.166. The summed E-state index contributed by atoms with van der Waals surface area (Å²) in [4.78, 5) is 37.8. The highest BCUT2D eigenvalue weighted by molar-refractivity contribution is 5.72. The van der Waals surface area contributed by atoms with E-state index in [0.29, 0.717) is 12.8 Å². The Morgan fingerprint density at radius 2 is 0.717 bits per heavy atom. The highest BCUT2D eigenvalue weighted by Gasteiger charge is 2.19. The fourth-order valence-corrected chi connectivity index (χ4v) is 6.81. The zero-order valence-corrected chi connectivity index (χ0v) is 39.2. The molecule has 0 saturated heterocycles. The molecule has 6 heteroatoms. The van der Waals surface area contributed by atoms with Crippen LogP contribution in [0.25, 0.3) is 0 Å². The zero-order valence-electron chi connectivity index (χ0n) is 39.2. The maximum absolute atomic E-state index is 12.7. The van der Waals surface area contributed by atoms with Gasteiger partial charge >= 0.3 is 17.9 Å². The predicted octanol–water partition coefficient (Wildman–Crippen LogP) is 16.3. The fraction of sp³-hybridized carbons (Fsp3) is 0.722. The average Bonchev–Trinajstić information content (AvgIpc) is 3.24. The van der Waals surface area contributed by atoms with Crippen molar-refractivity contribution in [3.63, 3.8) is 0 Å². The van der Waals surface area contributed by atoms with E-state index in [1.54, 1.807) is 6.08 Å². The van der Waals surface area contributed by atoms with Gasteiger partial charge in [0.05, 0.1) is 6.42 Å². The van der Waals surface area contributed by atoms with Crippen LogP contribution < -0.4 is 0 Å². The number of allylic oxidation sites excluding steroid dienone is 11. The Morgan fingerprint density at radius 1 is 0.367 bits per heavy atom. The Morgan fingerprint density at radius 3 is 1.17 bits per heavy atom. The summed E-state index contributed by atoms with van der Waals surface area (Å²) in [5.41, 5.74) is 0. The standard InChI is InChI=1S/C54H92O6/c1-4-7-10-13-16-19-21-23-25-26-27-28-29-31-32-35-38-41-44-47-53(56)59-50-51(49-58-52(55)46-43-40-37-34-18-15-12-9-6-3)60-54(57)48-45-42-39-36-33-30-24-22-20-17-14-11-8-5-2/h7,9-10,12,16,18-19,23,25,34,40,43,51H,4-6,8,11,13-15,17,20-22,24,26-33,35-39,41-42,44-50H2,1-3H3/b10-7-,12-9-,19-16-,25-23-,34-18-,43-40-. The highest BCUT2D eigenvalue weighted by atomic mass is 16.6. The molecule has 60 heavy (non-hydrogen) atoms. The fourth-order valence-electron chi connectivity index (χ4n) is 6.81. The molecule has 0 aliphatic carbocycles. The van der Waals surface area contributed by atoms with E-state index in [1.165, 1.54) is 116 Å². The lowest BCUT2D eigenvalue weighted by atomic mass is 10.0. The van der Waals surface area contributed by atoms with Gasteiger partial charge in [0, 0.05) is 12.8 Å². The number of hydrogen-bond donors (Lipinski definition) is 0. The number of carbonyl (C=O) groups is 3. The maximum Gasteiger partial charge on any atom is 0.309 e. The number of rotatable bonds is 44. The van der Waals surface area contributed by atoms with E-state index in [-0.39, 0.29) is 31.6 Å². The first-order valence-corrected chi connectivity index (χ1v) is 24.9. The van der Waals surface area contributed by atoms with Crippen molar-refractivity contribution in [2.24, 2.45) is 0 Å². The van der Waals surface area contributed by atoms with E-state index in [1.807, 2.05) is 6.08 Å². The van der Waals surface area contributed by atoms with Crippen LogP contribution in [0.15, 0.2) is 72.9 Å². The number of hydrogen-bond acceptors (Lipinski definition) is 6. The van der Waals surface area contributed by atoms with Gasteiger partial charge in [0.2, 0.25) is 0 Å². The zero-order chi connectivity index (χ0) is 43.7. The van der Waals surface area contributed by atoms with Crippen LogP contribution in [0.1, 0.15) is 233 Å². The monoisotopic (exact) mass is 837 g/mol. The van der Waals surface area contributed by atoms with Gasteiger partial charge in [-0.3, -0.25) is 14.4 Å². The van der Waals surface area contributed by atoms with Gasteiger partial charge in [-0.2, -0.15) is 0 Å². The molecule has 1 unspecified atom stereocenters. The van der Waals surface area contributed by atoms with Gasteiger partial charge in [0.15, 0.2) is 6.10 Å². The maximum atomic E-state index is 12.7. The van der Waals surface area contributed by atoms with Crippen LogP contribution in [0.2, 0.25) is 0 Å². The Balaban J connectivity index is 4.34. The minimum atomic E-state index is -0.809. The van der Waals surface area contributed by atoms with Crippen molar-refractivity contribution in [2.75, 3.05) is 13.2 Å². The van der Waals surface area contributed by atoms with Crippen LogP contribution in [0.5, 0.6) is 0 Å². The first-order valence-electron chi connectivity index (χ1n) is 24.9. The van der Waals surface area contributed by atoms with Crippen LogP contribution in [-0.2, 0) is 28.6 Å². The molecule has 0 saturated carbocycles. The van der Waals surface area contributed by atoms with Crippen LogP contribution in [-0.4, -0.2) is 37.2 Å². The smallest absolute Gasteiger partial charge is 0.309 e. The van der Waals surface area contributed by atoms with E-state index < -0.39 is 12.1 Å². The third kappa shape index (κ3) is 45.9. The van der Waals surface area contributed by atoms with Crippen molar-refractivity contribution in [1.29, 1.82) is 0 Å². The molecule has 0 aliphatic heterocycles. The molecule has 0 aliphatic rings. The molecule has 0 aromatic heterocycles.